The second-order valence-electron chi connectivity index (χ2n) is 6.63. The number of hydrogen-bond donors (Lipinski definition) is 1. The minimum atomic E-state index is 0.109. The van der Waals surface area contributed by atoms with Crippen molar-refractivity contribution in [2.75, 3.05) is 13.1 Å². The number of nitrogens with zero attached hydrogens (tertiary/aromatic N) is 1. The maximum atomic E-state index is 10.7. The highest BCUT2D eigenvalue weighted by atomic mass is 16.3. The molecular formula is C22H23NO. The van der Waals surface area contributed by atoms with Crippen LogP contribution in [0.4, 0.5) is 0 Å². The highest BCUT2D eigenvalue weighted by Gasteiger charge is 2.27. The van der Waals surface area contributed by atoms with Crippen LogP contribution in [0.5, 0.6) is 5.75 Å². The molecule has 0 saturated carbocycles. The number of phenols is 1. The summed E-state index contributed by atoms with van der Waals surface area (Å²) in [7, 11) is 0. The van der Waals surface area contributed by atoms with E-state index in [0.29, 0.717) is 5.75 Å². The van der Waals surface area contributed by atoms with Gasteiger partial charge in [0.05, 0.1) is 6.04 Å². The van der Waals surface area contributed by atoms with Gasteiger partial charge in [-0.1, -0.05) is 67.1 Å². The van der Waals surface area contributed by atoms with Gasteiger partial charge in [0.25, 0.3) is 0 Å². The Bertz CT molecular complexity index is 822. The summed E-state index contributed by atoms with van der Waals surface area (Å²) in [5.74, 6) is 0.396. The van der Waals surface area contributed by atoms with E-state index in [1.807, 2.05) is 12.1 Å². The van der Waals surface area contributed by atoms with Gasteiger partial charge >= 0.3 is 0 Å². The second kappa shape index (κ2) is 6.66. The minimum Gasteiger partial charge on any atom is -0.508 e. The zero-order valence-electron chi connectivity index (χ0n) is 13.9. The molecule has 1 aliphatic heterocycles. The fourth-order valence-electron chi connectivity index (χ4n) is 3.94. The van der Waals surface area contributed by atoms with Gasteiger partial charge in [-0.05, 0) is 48.3 Å². The topological polar surface area (TPSA) is 23.5 Å². The lowest BCUT2D eigenvalue weighted by Gasteiger charge is -2.36. The highest BCUT2D eigenvalue weighted by molar-refractivity contribution is 5.88. The molecule has 1 fully saturated rings. The van der Waals surface area contributed by atoms with Gasteiger partial charge < -0.3 is 5.11 Å². The maximum absolute atomic E-state index is 10.7. The van der Waals surface area contributed by atoms with E-state index >= 15 is 0 Å². The summed E-state index contributed by atoms with van der Waals surface area (Å²) >= 11 is 0. The summed E-state index contributed by atoms with van der Waals surface area (Å²) in [4.78, 5) is 2.53. The van der Waals surface area contributed by atoms with E-state index in [4.69, 9.17) is 0 Å². The first-order chi connectivity index (χ1) is 11.8. The molecule has 0 unspecified atom stereocenters. The van der Waals surface area contributed by atoms with Crippen LogP contribution < -0.4 is 0 Å². The minimum absolute atomic E-state index is 0.109. The number of phenolic OH excluding ortho intramolecular Hbond substituents is 1. The van der Waals surface area contributed by atoms with Gasteiger partial charge in [0, 0.05) is 5.56 Å². The third-order valence-electron chi connectivity index (χ3n) is 5.09. The lowest BCUT2D eigenvalue weighted by atomic mass is 9.90. The molecule has 0 amide bonds. The predicted molar refractivity (Wildman–Crippen MR) is 99.3 cm³/mol. The van der Waals surface area contributed by atoms with Crippen molar-refractivity contribution in [1.29, 1.82) is 0 Å². The second-order valence-corrected chi connectivity index (χ2v) is 6.63. The van der Waals surface area contributed by atoms with Gasteiger partial charge in [0.15, 0.2) is 0 Å². The first kappa shape index (κ1) is 15.2. The third-order valence-corrected chi connectivity index (χ3v) is 5.09. The van der Waals surface area contributed by atoms with Crippen molar-refractivity contribution in [3.05, 3.63) is 77.9 Å². The largest absolute Gasteiger partial charge is 0.508 e. The lowest BCUT2D eigenvalue weighted by molar-refractivity contribution is 0.186. The summed E-state index contributed by atoms with van der Waals surface area (Å²) in [5.41, 5.74) is 2.30. The molecule has 1 saturated heterocycles. The van der Waals surface area contributed by atoms with Gasteiger partial charge in [-0.2, -0.15) is 0 Å². The molecule has 4 rings (SSSR count). The summed E-state index contributed by atoms with van der Waals surface area (Å²) in [5, 5.41) is 13.1. The molecule has 0 bridgehead atoms. The van der Waals surface area contributed by atoms with Gasteiger partial charge in [-0.3, -0.25) is 4.90 Å². The van der Waals surface area contributed by atoms with E-state index in [0.717, 1.165) is 24.0 Å². The SMILES string of the molecule is Oc1ccc2ccccc2c1[C@H](c1ccccc1)N1CCCCC1. The Kier molecular flexibility index (Phi) is 4.22. The molecule has 2 nitrogen and oxygen atoms in total. The van der Waals surface area contributed by atoms with Crippen molar-refractivity contribution in [1.82, 2.24) is 4.90 Å². The third kappa shape index (κ3) is 2.78. The number of aromatic hydroxyl groups is 1. The molecule has 1 N–H and O–H groups in total. The lowest BCUT2D eigenvalue weighted by Crippen LogP contribution is -2.34. The molecule has 122 valence electrons. The molecule has 3 aromatic carbocycles. The zero-order chi connectivity index (χ0) is 16.4. The van der Waals surface area contributed by atoms with Crippen LogP contribution in [0.3, 0.4) is 0 Å². The quantitative estimate of drug-likeness (QED) is 0.724. The van der Waals surface area contributed by atoms with Crippen LogP contribution in [0.15, 0.2) is 66.7 Å². The van der Waals surface area contributed by atoms with Gasteiger partial charge in [-0.15, -0.1) is 0 Å². The number of hydrogen-bond acceptors (Lipinski definition) is 2. The predicted octanol–water partition coefficient (Wildman–Crippen LogP) is 5.12. The van der Waals surface area contributed by atoms with Gasteiger partial charge in [0.1, 0.15) is 5.75 Å². The van der Waals surface area contributed by atoms with Crippen LogP contribution >= 0.6 is 0 Å². The van der Waals surface area contributed by atoms with Crippen molar-refractivity contribution in [3.63, 3.8) is 0 Å². The number of rotatable bonds is 3. The summed E-state index contributed by atoms with van der Waals surface area (Å²) < 4.78 is 0. The number of piperidine rings is 1. The Balaban J connectivity index is 1.92. The molecule has 24 heavy (non-hydrogen) atoms. The Labute approximate surface area is 143 Å². The van der Waals surface area contributed by atoms with Crippen LogP contribution in [0, 0.1) is 0 Å². The van der Waals surface area contributed by atoms with Crippen molar-refractivity contribution >= 4 is 10.8 Å². The number of likely N-dealkylation sites (tertiary alicyclic amines) is 1. The zero-order valence-corrected chi connectivity index (χ0v) is 13.9. The first-order valence-corrected chi connectivity index (χ1v) is 8.84. The van der Waals surface area contributed by atoms with Crippen molar-refractivity contribution in [3.8, 4) is 5.75 Å². The van der Waals surface area contributed by atoms with E-state index in [1.54, 1.807) is 0 Å². The van der Waals surface area contributed by atoms with Crippen molar-refractivity contribution < 1.29 is 5.11 Å². The van der Waals surface area contributed by atoms with E-state index in [2.05, 4.69) is 59.5 Å². The Hall–Kier alpha value is -2.32. The van der Waals surface area contributed by atoms with E-state index in [-0.39, 0.29) is 6.04 Å². The smallest absolute Gasteiger partial charge is 0.121 e. The molecule has 2 heteroatoms. The highest BCUT2D eigenvalue weighted by Crippen LogP contribution is 2.40. The average molecular weight is 317 g/mol. The molecule has 1 aliphatic rings. The van der Waals surface area contributed by atoms with Crippen LogP contribution in [-0.4, -0.2) is 23.1 Å². The molecule has 0 aromatic heterocycles. The summed E-state index contributed by atoms with van der Waals surface area (Å²) in [6.07, 6.45) is 3.77. The van der Waals surface area contributed by atoms with E-state index < -0.39 is 0 Å². The normalized spacial score (nSPS) is 17.0. The number of benzene rings is 3. The Morgan fingerprint density at radius 1 is 0.750 bits per heavy atom. The van der Waals surface area contributed by atoms with Gasteiger partial charge in [-0.25, -0.2) is 0 Å². The van der Waals surface area contributed by atoms with Crippen molar-refractivity contribution in [2.45, 2.75) is 25.3 Å². The fraction of sp³-hybridized carbons (Fsp3) is 0.273. The first-order valence-electron chi connectivity index (χ1n) is 8.84. The molecule has 0 aliphatic carbocycles. The van der Waals surface area contributed by atoms with Crippen LogP contribution in [0.1, 0.15) is 36.4 Å². The van der Waals surface area contributed by atoms with Gasteiger partial charge in [0.2, 0.25) is 0 Å². The Morgan fingerprint density at radius 3 is 2.25 bits per heavy atom. The van der Waals surface area contributed by atoms with E-state index in [9.17, 15) is 5.11 Å². The van der Waals surface area contributed by atoms with Crippen LogP contribution in [0.25, 0.3) is 10.8 Å². The van der Waals surface area contributed by atoms with E-state index in [1.165, 1.54) is 30.2 Å². The molecule has 0 radical (unpaired) electrons. The summed E-state index contributed by atoms with van der Waals surface area (Å²) in [6, 6.07) is 22.9. The standard InChI is InChI=1S/C22H23NO/c24-20-14-13-17-9-5-6-12-19(17)21(20)22(18-10-3-1-4-11-18)23-15-7-2-8-16-23/h1,3-6,9-14,22,24H,2,7-8,15-16H2/t22-/m0/s1. The molecule has 3 aromatic rings. The monoisotopic (exact) mass is 317 g/mol. The molecule has 0 spiro atoms. The average Bonchev–Trinajstić information content (AvgIpc) is 2.66. The van der Waals surface area contributed by atoms with Crippen LogP contribution in [0.2, 0.25) is 0 Å². The fourth-order valence-corrected chi connectivity index (χ4v) is 3.94. The molecular weight excluding hydrogens is 294 g/mol. The maximum Gasteiger partial charge on any atom is 0.121 e. The molecule has 1 heterocycles. The Morgan fingerprint density at radius 2 is 1.46 bits per heavy atom. The number of fused-ring (bicyclic) bond motifs is 1. The molecule has 1 atom stereocenters. The van der Waals surface area contributed by atoms with Crippen molar-refractivity contribution in [2.24, 2.45) is 0 Å². The summed E-state index contributed by atoms with van der Waals surface area (Å²) in [6.45, 7) is 2.17. The van der Waals surface area contributed by atoms with Crippen LogP contribution in [-0.2, 0) is 0 Å².